The number of halogens is 4. The monoisotopic (exact) mass is 524 g/mol. The van der Waals surface area contributed by atoms with Gasteiger partial charge in [0.05, 0.1) is 27.0 Å². The maximum atomic E-state index is 14.0. The molecule has 3 N–H and O–H groups in total. The van der Waals surface area contributed by atoms with E-state index >= 15 is 0 Å². The van der Waals surface area contributed by atoms with Crippen molar-refractivity contribution < 1.29 is 19.1 Å². The second kappa shape index (κ2) is 8.91. The fraction of sp³-hybridized carbons (Fsp3) is 0.278. The summed E-state index contributed by atoms with van der Waals surface area (Å²) < 4.78 is 14.9. The predicted octanol–water partition coefficient (Wildman–Crippen LogP) is 5.26. The molecule has 1 amide bonds. The highest BCUT2D eigenvalue weighted by Gasteiger charge is 2.27. The van der Waals surface area contributed by atoms with Gasteiger partial charge in [0, 0.05) is 9.49 Å². The Balaban J connectivity index is 1.80. The smallest absolute Gasteiger partial charge is 0.277 e. The van der Waals surface area contributed by atoms with E-state index in [1.165, 1.54) is 6.07 Å². The number of carbonyl (C=O) groups is 1. The molecular weight excluding hydrogens is 509 g/mol. The van der Waals surface area contributed by atoms with Gasteiger partial charge in [-0.1, -0.05) is 29.6 Å². The minimum absolute atomic E-state index is 0.00491. The molecule has 5 nitrogen and oxygen atoms in total. The van der Waals surface area contributed by atoms with Crippen molar-refractivity contribution in [1.82, 2.24) is 5.48 Å². The molecule has 0 spiro atoms. The number of rotatable bonds is 6. The predicted molar refractivity (Wildman–Crippen MR) is 111 cm³/mol. The summed E-state index contributed by atoms with van der Waals surface area (Å²) in [6.07, 6.45) is 1.63. The molecule has 2 aromatic rings. The van der Waals surface area contributed by atoms with Crippen LogP contribution in [0.25, 0.3) is 0 Å². The fourth-order valence-corrected chi connectivity index (χ4v) is 3.63. The van der Waals surface area contributed by atoms with Gasteiger partial charge < -0.3 is 10.4 Å². The molecule has 3 rings (SSSR count). The lowest BCUT2D eigenvalue weighted by Crippen LogP contribution is -2.36. The Hall–Kier alpha value is -1.13. The quantitative estimate of drug-likeness (QED) is 0.274. The number of benzene rings is 2. The number of hydrogen-bond acceptors (Lipinski definition) is 4. The molecule has 1 atom stereocenters. The summed E-state index contributed by atoms with van der Waals surface area (Å²) in [4.78, 5) is 17.5. The molecule has 1 saturated carbocycles. The van der Waals surface area contributed by atoms with Crippen molar-refractivity contribution in [3.63, 3.8) is 0 Å². The first-order valence-electron chi connectivity index (χ1n) is 8.20. The second-order valence-electron chi connectivity index (χ2n) is 6.19. The Morgan fingerprint density at radius 3 is 2.59 bits per heavy atom. The van der Waals surface area contributed by atoms with Gasteiger partial charge in [-0.3, -0.25) is 4.79 Å². The van der Waals surface area contributed by atoms with Crippen molar-refractivity contribution >= 4 is 63.1 Å². The van der Waals surface area contributed by atoms with Crippen molar-refractivity contribution in [3.05, 3.63) is 55.3 Å². The lowest BCUT2D eigenvalue weighted by Gasteiger charge is -2.29. The molecule has 2 aromatic carbocycles. The van der Waals surface area contributed by atoms with Crippen LogP contribution in [-0.4, -0.2) is 17.3 Å². The zero-order chi connectivity index (χ0) is 19.6. The van der Waals surface area contributed by atoms with Gasteiger partial charge in [0.15, 0.2) is 6.29 Å². The van der Waals surface area contributed by atoms with Crippen LogP contribution >= 0.6 is 45.8 Å². The first-order valence-corrected chi connectivity index (χ1v) is 10.0. The zero-order valence-corrected chi connectivity index (χ0v) is 17.6. The molecule has 0 saturated heterocycles. The van der Waals surface area contributed by atoms with E-state index < -0.39 is 18.0 Å². The van der Waals surface area contributed by atoms with Crippen molar-refractivity contribution in [1.29, 1.82) is 0 Å². The van der Waals surface area contributed by atoms with Crippen LogP contribution in [0.4, 0.5) is 15.8 Å². The minimum atomic E-state index is -1.08. The average molecular weight is 525 g/mol. The summed E-state index contributed by atoms with van der Waals surface area (Å²) in [5, 5.41) is 13.0. The van der Waals surface area contributed by atoms with Gasteiger partial charge in [-0.25, -0.2) is 14.7 Å². The van der Waals surface area contributed by atoms with Crippen LogP contribution in [0, 0.1) is 15.3 Å². The van der Waals surface area contributed by atoms with E-state index in [1.807, 2.05) is 6.07 Å². The molecular formula is C18H16Cl2FIN2O3. The molecule has 27 heavy (non-hydrogen) atoms. The summed E-state index contributed by atoms with van der Waals surface area (Å²) in [6, 6.07) is 7.56. The second-order valence-corrected chi connectivity index (χ2v) is 8.25. The maximum Gasteiger partial charge on any atom is 0.277 e. The van der Waals surface area contributed by atoms with E-state index in [9.17, 15) is 14.3 Å². The van der Waals surface area contributed by atoms with Crippen molar-refractivity contribution in [2.75, 3.05) is 5.32 Å². The number of anilines is 2. The van der Waals surface area contributed by atoms with Gasteiger partial charge >= 0.3 is 0 Å². The Kier molecular flexibility index (Phi) is 6.80. The number of amides is 1. The number of hydrogen-bond donors (Lipinski definition) is 3. The number of aliphatic hydroxyl groups excluding tert-OH is 1. The van der Waals surface area contributed by atoms with E-state index in [2.05, 4.69) is 33.4 Å². The van der Waals surface area contributed by atoms with Crippen molar-refractivity contribution in [3.8, 4) is 0 Å². The van der Waals surface area contributed by atoms with E-state index in [-0.39, 0.29) is 22.2 Å². The van der Waals surface area contributed by atoms with Crippen molar-refractivity contribution in [2.45, 2.75) is 25.6 Å². The summed E-state index contributed by atoms with van der Waals surface area (Å²) >= 11 is 14.1. The Labute approximate surface area is 179 Å². The molecule has 0 aromatic heterocycles. The Morgan fingerprint density at radius 1 is 1.22 bits per heavy atom. The number of nitrogens with one attached hydrogen (secondary N) is 2. The van der Waals surface area contributed by atoms with Crippen LogP contribution < -0.4 is 10.8 Å². The minimum Gasteiger partial charge on any atom is -0.366 e. The molecule has 1 aliphatic rings. The van der Waals surface area contributed by atoms with Gasteiger partial charge in [0.1, 0.15) is 5.82 Å². The van der Waals surface area contributed by atoms with Crippen LogP contribution in [-0.2, 0) is 4.84 Å². The molecule has 1 fully saturated rings. The van der Waals surface area contributed by atoms with Crippen molar-refractivity contribution in [2.24, 2.45) is 5.92 Å². The standard InChI is InChI=1S/C18H16Cl2FIN2O3/c19-12-7-11(17(25)24-27-18(26)9-2-1-3-9)16(8-14(12)21)23-15-5-4-10(22)6-13(15)20/h4-9,18,23,26H,1-3H2,(H,24,25). The molecule has 0 heterocycles. The molecule has 0 radical (unpaired) electrons. The average Bonchev–Trinajstić information content (AvgIpc) is 2.56. The molecule has 1 aliphatic carbocycles. The van der Waals surface area contributed by atoms with Gasteiger partial charge in [0.25, 0.3) is 5.91 Å². The van der Waals surface area contributed by atoms with Crippen LogP contribution in [0.1, 0.15) is 29.6 Å². The maximum absolute atomic E-state index is 14.0. The lowest BCUT2D eigenvalue weighted by molar-refractivity contribution is -0.178. The van der Waals surface area contributed by atoms with Crippen LogP contribution in [0.15, 0.2) is 30.3 Å². The van der Waals surface area contributed by atoms with Gasteiger partial charge in [-0.15, -0.1) is 0 Å². The zero-order valence-electron chi connectivity index (χ0n) is 13.9. The molecule has 1 unspecified atom stereocenters. The molecule has 144 valence electrons. The summed E-state index contributed by atoms with van der Waals surface area (Å²) in [6.45, 7) is 0. The number of hydroxylamine groups is 1. The third-order valence-corrected chi connectivity index (χ3v) is 5.60. The highest BCUT2D eigenvalue weighted by atomic mass is 127. The fourth-order valence-electron chi connectivity index (χ4n) is 2.56. The van der Waals surface area contributed by atoms with E-state index in [4.69, 9.17) is 28.0 Å². The van der Waals surface area contributed by atoms with Crippen LogP contribution in [0.2, 0.25) is 10.0 Å². The SMILES string of the molecule is O=C(NOC(O)C1CCC1)c1cc(Cl)c(F)cc1Nc1ccc(I)cc1Cl. The first kappa shape index (κ1) is 20.6. The van der Waals surface area contributed by atoms with Crippen LogP contribution in [0.5, 0.6) is 0 Å². The number of aliphatic hydroxyl groups is 1. The van der Waals surface area contributed by atoms with Crippen LogP contribution in [0.3, 0.4) is 0 Å². The van der Waals surface area contributed by atoms with Gasteiger partial charge in [0.2, 0.25) is 0 Å². The highest BCUT2D eigenvalue weighted by Crippen LogP contribution is 2.32. The van der Waals surface area contributed by atoms with Gasteiger partial charge in [-0.2, -0.15) is 0 Å². The summed E-state index contributed by atoms with van der Waals surface area (Å²) in [5.74, 6) is -1.35. The molecule has 0 aliphatic heterocycles. The third kappa shape index (κ3) is 5.03. The first-order chi connectivity index (χ1) is 12.8. The molecule has 0 bridgehead atoms. The largest absolute Gasteiger partial charge is 0.366 e. The Morgan fingerprint density at radius 2 is 1.96 bits per heavy atom. The third-order valence-electron chi connectivity index (χ3n) is 4.33. The topological polar surface area (TPSA) is 70.6 Å². The normalized spacial score (nSPS) is 15.1. The number of carbonyl (C=O) groups excluding carboxylic acids is 1. The highest BCUT2D eigenvalue weighted by molar-refractivity contribution is 14.1. The van der Waals surface area contributed by atoms with Gasteiger partial charge in [-0.05, 0) is 65.8 Å². The van der Waals surface area contributed by atoms with E-state index in [0.717, 1.165) is 28.9 Å². The Bertz CT molecular complexity index is 865. The summed E-state index contributed by atoms with van der Waals surface area (Å²) in [7, 11) is 0. The summed E-state index contributed by atoms with van der Waals surface area (Å²) in [5.41, 5.74) is 2.92. The lowest BCUT2D eigenvalue weighted by atomic mass is 9.85. The molecule has 9 heteroatoms. The van der Waals surface area contributed by atoms with E-state index in [0.29, 0.717) is 10.7 Å². The van der Waals surface area contributed by atoms with E-state index in [1.54, 1.807) is 12.1 Å².